The van der Waals surface area contributed by atoms with Crippen molar-refractivity contribution in [3.05, 3.63) is 53.1 Å². The second kappa shape index (κ2) is 7.88. The lowest BCUT2D eigenvalue weighted by Gasteiger charge is -2.21. The summed E-state index contributed by atoms with van der Waals surface area (Å²) in [5.41, 5.74) is 3.45. The maximum absolute atomic E-state index is 12.1. The van der Waals surface area contributed by atoms with Crippen LogP contribution >= 0.6 is 11.6 Å². The van der Waals surface area contributed by atoms with Crippen molar-refractivity contribution in [2.45, 2.75) is 20.8 Å². The maximum atomic E-state index is 12.1. The Morgan fingerprint density at radius 3 is 2.30 bits per heavy atom. The second-order valence-electron chi connectivity index (χ2n) is 5.21. The summed E-state index contributed by atoms with van der Waals surface area (Å²) in [4.78, 5) is 14.3. The number of anilines is 3. The summed E-state index contributed by atoms with van der Waals surface area (Å²) in [5, 5.41) is 6.27. The van der Waals surface area contributed by atoms with Crippen LogP contribution in [0.5, 0.6) is 0 Å². The predicted octanol–water partition coefficient (Wildman–Crippen LogP) is 5.14. The highest BCUT2D eigenvalue weighted by Crippen LogP contribution is 2.23. The molecule has 0 aromatic heterocycles. The zero-order valence-electron chi connectivity index (χ0n) is 13.7. The summed E-state index contributed by atoms with van der Waals surface area (Å²) in [5.74, 6) is 0. The van der Waals surface area contributed by atoms with E-state index in [0.29, 0.717) is 10.7 Å². The molecule has 0 fully saturated rings. The van der Waals surface area contributed by atoms with Crippen molar-refractivity contribution in [1.29, 1.82) is 0 Å². The predicted molar refractivity (Wildman–Crippen MR) is 98.8 cm³/mol. The first-order chi connectivity index (χ1) is 11.0. The topological polar surface area (TPSA) is 44.4 Å². The average Bonchev–Trinajstić information content (AvgIpc) is 2.54. The highest BCUT2D eigenvalue weighted by Gasteiger charge is 2.07. The Labute approximate surface area is 142 Å². The van der Waals surface area contributed by atoms with E-state index in [1.54, 1.807) is 6.07 Å². The highest BCUT2D eigenvalue weighted by atomic mass is 35.5. The van der Waals surface area contributed by atoms with E-state index in [1.165, 1.54) is 0 Å². The average molecular weight is 332 g/mol. The Kier molecular flexibility index (Phi) is 5.88. The molecule has 2 N–H and O–H groups in total. The van der Waals surface area contributed by atoms with Gasteiger partial charge in [0.2, 0.25) is 0 Å². The van der Waals surface area contributed by atoms with E-state index in [-0.39, 0.29) is 6.03 Å². The van der Waals surface area contributed by atoms with Gasteiger partial charge in [0.05, 0.1) is 0 Å². The fraction of sp³-hybridized carbons (Fsp3) is 0.278. The molecule has 5 heteroatoms. The van der Waals surface area contributed by atoms with Crippen molar-refractivity contribution in [2.24, 2.45) is 0 Å². The minimum atomic E-state index is -0.286. The molecule has 0 radical (unpaired) electrons. The number of carbonyl (C=O) groups excluding carboxylic acids is 1. The van der Waals surface area contributed by atoms with Crippen LogP contribution < -0.4 is 15.5 Å². The lowest BCUT2D eigenvalue weighted by molar-refractivity contribution is 0.262. The SMILES string of the molecule is CCN(CC)c1ccc(NC(=O)Nc2cccc(Cl)c2C)cc1. The van der Waals surface area contributed by atoms with E-state index >= 15 is 0 Å². The molecular weight excluding hydrogens is 310 g/mol. The van der Waals surface area contributed by atoms with Crippen molar-refractivity contribution in [2.75, 3.05) is 28.6 Å². The van der Waals surface area contributed by atoms with Gasteiger partial charge in [-0.25, -0.2) is 4.79 Å². The van der Waals surface area contributed by atoms with Gasteiger partial charge in [0, 0.05) is 35.2 Å². The number of carbonyl (C=O) groups is 1. The third-order valence-electron chi connectivity index (χ3n) is 3.77. The Morgan fingerprint density at radius 1 is 1.04 bits per heavy atom. The molecule has 0 aliphatic carbocycles. The molecular formula is C18H22ClN3O. The first kappa shape index (κ1) is 17.2. The quantitative estimate of drug-likeness (QED) is 0.796. The van der Waals surface area contributed by atoms with Gasteiger partial charge in [-0.05, 0) is 62.7 Å². The van der Waals surface area contributed by atoms with Crippen LogP contribution in [0.15, 0.2) is 42.5 Å². The number of nitrogens with zero attached hydrogens (tertiary/aromatic N) is 1. The molecule has 23 heavy (non-hydrogen) atoms. The van der Waals surface area contributed by atoms with Gasteiger partial charge >= 0.3 is 6.03 Å². The molecule has 0 heterocycles. The van der Waals surface area contributed by atoms with Crippen LogP contribution in [0.4, 0.5) is 21.9 Å². The van der Waals surface area contributed by atoms with Gasteiger partial charge in [-0.3, -0.25) is 0 Å². The molecule has 0 atom stereocenters. The molecule has 4 nitrogen and oxygen atoms in total. The van der Waals surface area contributed by atoms with Gasteiger partial charge in [0.15, 0.2) is 0 Å². The number of rotatable bonds is 5. The standard InChI is InChI=1S/C18H22ClN3O/c1-4-22(5-2)15-11-9-14(10-12-15)20-18(23)21-17-8-6-7-16(19)13(17)3/h6-12H,4-5H2,1-3H3,(H2,20,21,23). The van der Waals surface area contributed by atoms with Gasteiger partial charge in [-0.1, -0.05) is 17.7 Å². The monoisotopic (exact) mass is 331 g/mol. The zero-order chi connectivity index (χ0) is 16.8. The van der Waals surface area contributed by atoms with E-state index in [2.05, 4.69) is 29.4 Å². The van der Waals surface area contributed by atoms with Gasteiger partial charge < -0.3 is 15.5 Å². The normalized spacial score (nSPS) is 10.3. The minimum Gasteiger partial charge on any atom is -0.372 e. The lowest BCUT2D eigenvalue weighted by Crippen LogP contribution is -2.22. The van der Waals surface area contributed by atoms with E-state index in [1.807, 2.05) is 43.3 Å². The van der Waals surface area contributed by atoms with Crippen molar-refractivity contribution in [1.82, 2.24) is 0 Å². The molecule has 2 aromatic rings. The molecule has 122 valence electrons. The lowest BCUT2D eigenvalue weighted by atomic mass is 10.2. The van der Waals surface area contributed by atoms with Gasteiger partial charge in [-0.15, -0.1) is 0 Å². The molecule has 2 amide bonds. The van der Waals surface area contributed by atoms with Crippen LogP contribution in [0.1, 0.15) is 19.4 Å². The van der Waals surface area contributed by atoms with Crippen LogP contribution in [0.3, 0.4) is 0 Å². The summed E-state index contributed by atoms with van der Waals surface area (Å²) in [7, 11) is 0. The third kappa shape index (κ3) is 4.39. The smallest absolute Gasteiger partial charge is 0.323 e. The molecule has 0 saturated carbocycles. The molecule has 0 spiro atoms. The van der Waals surface area contributed by atoms with Crippen LogP contribution in [0.2, 0.25) is 5.02 Å². The van der Waals surface area contributed by atoms with Crippen LogP contribution in [-0.2, 0) is 0 Å². The number of benzene rings is 2. The maximum Gasteiger partial charge on any atom is 0.323 e. The van der Waals surface area contributed by atoms with Crippen molar-refractivity contribution < 1.29 is 4.79 Å². The Hall–Kier alpha value is -2.20. The first-order valence-electron chi connectivity index (χ1n) is 7.73. The Bertz CT molecular complexity index is 666. The fourth-order valence-corrected chi connectivity index (χ4v) is 2.55. The van der Waals surface area contributed by atoms with Crippen molar-refractivity contribution in [3.63, 3.8) is 0 Å². The largest absolute Gasteiger partial charge is 0.372 e. The third-order valence-corrected chi connectivity index (χ3v) is 4.18. The van der Waals surface area contributed by atoms with Gasteiger partial charge in [0.1, 0.15) is 0 Å². The van der Waals surface area contributed by atoms with Crippen LogP contribution in [0.25, 0.3) is 0 Å². The van der Waals surface area contributed by atoms with E-state index in [9.17, 15) is 4.79 Å². The molecule has 0 bridgehead atoms. The molecule has 2 aromatic carbocycles. The summed E-state index contributed by atoms with van der Waals surface area (Å²) in [6, 6.07) is 13.0. The number of halogens is 1. The van der Waals surface area contributed by atoms with Crippen molar-refractivity contribution >= 4 is 34.7 Å². The number of nitrogens with one attached hydrogen (secondary N) is 2. The van der Waals surface area contributed by atoms with Crippen molar-refractivity contribution in [3.8, 4) is 0 Å². The van der Waals surface area contributed by atoms with Gasteiger partial charge in [0.25, 0.3) is 0 Å². The summed E-state index contributed by atoms with van der Waals surface area (Å²) in [6.07, 6.45) is 0. The Balaban J connectivity index is 2.01. The number of urea groups is 1. The fourth-order valence-electron chi connectivity index (χ4n) is 2.37. The first-order valence-corrected chi connectivity index (χ1v) is 8.11. The van der Waals surface area contributed by atoms with Crippen LogP contribution in [0, 0.1) is 6.92 Å². The van der Waals surface area contributed by atoms with Gasteiger partial charge in [-0.2, -0.15) is 0 Å². The Morgan fingerprint density at radius 2 is 1.70 bits per heavy atom. The molecule has 0 unspecified atom stereocenters. The van der Waals surface area contributed by atoms with Crippen LogP contribution in [-0.4, -0.2) is 19.1 Å². The highest BCUT2D eigenvalue weighted by molar-refractivity contribution is 6.31. The molecule has 2 rings (SSSR count). The summed E-state index contributed by atoms with van der Waals surface area (Å²) in [6.45, 7) is 8.03. The molecule has 0 aliphatic rings. The van der Waals surface area contributed by atoms with E-state index in [0.717, 1.165) is 30.0 Å². The summed E-state index contributed by atoms with van der Waals surface area (Å²) < 4.78 is 0. The second-order valence-corrected chi connectivity index (χ2v) is 5.62. The van der Waals surface area contributed by atoms with E-state index < -0.39 is 0 Å². The molecule has 0 aliphatic heterocycles. The minimum absolute atomic E-state index is 0.286. The number of hydrogen-bond donors (Lipinski definition) is 2. The zero-order valence-corrected chi connectivity index (χ0v) is 14.4. The molecule has 0 saturated heterocycles. The summed E-state index contributed by atoms with van der Waals surface area (Å²) >= 11 is 6.06. The number of amides is 2. The number of hydrogen-bond acceptors (Lipinski definition) is 2. The van der Waals surface area contributed by atoms with E-state index in [4.69, 9.17) is 11.6 Å².